The van der Waals surface area contributed by atoms with Crippen molar-refractivity contribution in [3.05, 3.63) is 20.2 Å². The van der Waals surface area contributed by atoms with Gasteiger partial charge in [0, 0.05) is 0 Å². The predicted octanol–water partition coefficient (Wildman–Crippen LogP) is -7.75. The zero-order valence-corrected chi connectivity index (χ0v) is 14.1. The number of H-pyrrole nitrogens is 2. The van der Waals surface area contributed by atoms with Crippen LogP contribution >= 0.6 is 0 Å². The third kappa shape index (κ3) is 7.67. The molecule has 26 nitrogen and oxygen atoms in total. The second-order valence-corrected chi connectivity index (χ2v) is 3.93. The van der Waals surface area contributed by atoms with Gasteiger partial charge in [0.15, 0.2) is 0 Å². The Hall–Kier alpha value is -5.72. The second kappa shape index (κ2) is 11.1. The smallest absolute Gasteiger partial charge is 0.418 e. The van der Waals surface area contributed by atoms with Gasteiger partial charge in [0.2, 0.25) is 0 Å². The van der Waals surface area contributed by atoms with Gasteiger partial charge in [-0.05, 0) is 20.9 Å². The fourth-order valence-electron chi connectivity index (χ4n) is 0.868. The van der Waals surface area contributed by atoms with Crippen molar-refractivity contribution in [3.63, 3.8) is 0 Å². The molecule has 0 saturated heterocycles. The number of nitro groups is 2. The summed E-state index contributed by atoms with van der Waals surface area (Å²) in [6, 6.07) is 0. The number of rotatable bonds is 2. The summed E-state index contributed by atoms with van der Waals surface area (Å²) in [6.45, 7) is 0. The summed E-state index contributed by atoms with van der Waals surface area (Å²) in [5.74, 6) is 9.31. The van der Waals surface area contributed by atoms with Crippen molar-refractivity contribution in [1.82, 2.24) is 72.3 Å². The molecule has 0 spiro atoms. The first-order valence-electron chi connectivity index (χ1n) is 6.55. The average molecular weight is 430 g/mol. The molecule has 10 N–H and O–H groups in total. The maximum atomic E-state index is 9.66. The molecule has 0 unspecified atom stereocenters. The number of aromatic amines is 2. The molecule has 4 rings (SSSR count). The van der Waals surface area contributed by atoms with E-state index >= 15 is 0 Å². The summed E-state index contributed by atoms with van der Waals surface area (Å²) < 4.78 is 0. The molecule has 0 aliphatic heterocycles. The molecule has 0 saturated carbocycles. The quantitative estimate of drug-likeness (QED) is 0.0743. The van der Waals surface area contributed by atoms with E-state index in [9.17, 15) is 20.2 Å². The molecule has 26 heteroatoms. The van der Waals surface area contributed by atoms with Gasteiger partial charge in [0.1, 0.15) is 10.4 Å². The lowest BCUT2D eigenvalue weighted by molar-refractivity contribution is -0.687. The van der Waals surface area contributed by atoms with E-state index in [0.29, 0.717) is 0 Å². The Kier molecular flexibility index (Phi) is 8.25. The molecular weight excluding hydrogens is 420 g/mol. The van der Waals surface area contributed by atoms with Gasteiger partial charge in [0.25, 0.3) is 11.9 Å². The van der Waals surface area contributed by atoms with Crippen LogP contribution in [0.2, 0.25) is 0 Å². The zero-order chi connectivity index (χ0) is 22.5. The molecule has 30 heavy (non-hydrogen) atoms. The zero-order valence-electron chi connectivity index (χ0n) is 14.1. The number of anilines is 2. The van der Waals surface area contributed by atoms with Crippen molar-refractivity contribution in [3.8, 4) is 0 Å². The Bertz CT molecular complexity index is 880. The number of nitrogens with zero attached hydrogens (tertiary/aromatic N) is 16. The third-order valence-electron chi connectivity index (χ3n) is 2.05. The molecule has 0 atom stereocenters. The van der Waals surface area contributed by atoms with Crippen LogP contribution in [0.25, 0.3) is 0 Å². The van der Waals surface area contributed by atoms with Gasteiger partial charge >= 0.3 is 11.9 Å². The number of nitrogens with two attached hydrogens (primary N) is 4. The predicted molar refractivity (Wildman–Crippen MR) is 81.9 cm³/mol. The molecule has 0 fully saturated rings. The van der Waals surface area contributed by atoms with Gasteiger partial charge in [-0.2, -0.15) is 9.85 Å². The molecule has 4 heterocycles. The van der Waals surface area contributed by atoms with Crippen LogP contribution < -0.4 is 42.9 Å². The maximum absolute atomic E-state index is 9.66. The summed E-state index contributed by atoms with van der Waals surface area (Å²) in [5.41, 5.74) is 10.1. The average Bonchev–Trinajstić information content (AvgIpc) is 3.49. The Morgan fingerprint density at radius 3 is 1.23 bits per heavy atom. The topological polar surface area (TPSA) is 387 Å². The van der Waals surface area contributed by atoms with E-state index in [-0.39, 0.29) is 11.9 Å². The van der Waals surface area contributed by atoms with Gasteiger partial charge in [-0.25, -0.2) is 0 Å². The first-order valence-corrected chi connectivity index (χ1v) is 6.55. The molecule has 0 amide bonds. The standard InChI is InChI=1S/2CH4N6.2CN5O2/c2*2-1-4-5-6-7(1)3;2*7-6(8)1-2-4-5-3-1/h2*3H2,(H2,2,4,6);;/q;;2*-1/p+2. The van der Waals surface area contributed by atoms with E-state index < -0.39 is 21.7 Å². The van der Waals surface area contributed by atoms with Crippen LogP contribution in [0.15, 0.2) is 0 Å². The normalized spacial score (nSPS) is 9.07. The summed E-state index contributed by atoms with van der Waals surface area (Å²) in [7, 11) is 0. The molecule has 4 aromatic rings. The van der Waals surface area contributed by atoms with Crippen molar-refractivity contribution in [2.75, 3.05) is 23.2 Å². The highest BCUT2D eigenvalue weighted by Gasteiger charge is 2.01. The number of hydrogen-bond acceptors (Lipinski definition) is 18. The summed E-state index contributed by atoms with van der Waals surface area (Å²) in [5, 5.41) is 60.4. The fraction of sp³-hybridized carbons (Fsp3) is 0. The minimum absolute atomic E-state index is 0.167. The fourth-order valence-corrected chi connectivity index (χ4v) is 0.868. The summed E-state index contributed by atoms with van der Waals surface area (Å²) in [4.78, 5) is 19.8. The van der Waals surface area contributed by atoms with Crippen LogP contribution in [0.5, 0.6) is 0 Å². The van der Waals surface area contributed by atoms with E-state index in [2.05, 4.69) is 72.3 Å². The Balaban J connectivity index is 0.000000200. The van der Waals surface area contributed by atoms with Crippen LogP contribution in [-0.4, -0.2) is 71.9 Å². The van der Waals surface area contributed by atoms with E-state index in [4.69, 9.17) is 23.2 Å². The molecule has 0 aliphatic carbocycles. The van der Waals surface area contributed by atoms with Crippen molar-refractivity contribution in [2.45, 2.75) is 0 Å². The van der Waals surface area contributed by atoms with E-state index in [0.717, 1.165) is 9.58 Å². The minimum Gasteiger partial charge on any atom is -0.458 e. The maximum Gasteiger partial charge on any atom is 0.418 e. The SMILES string of the molecule is Nc1nn[nH][n+]1N.Nc1nn[nH][n+]1N.O=[N+]([O-])c1nnn[n-]1.O=[N+]([O-])c1nnn[n-]1. The van der Waals surface area contributed by atoms with E-state index in [1.807, 2.05) is 0 Å². The number of hydrogen-bond donors (Lipinski definition) is 6. The third-order valence-corrected chi connectivity index (χ3v) is 2.05. The van der Waals surface area contributed by atoms with Crippen LogP contribution in [0.4, 0.5) is 23.8 Å². The van der Waals surface area contributed by atoms with Crippen LogP contribution in [-0.2, 0) is 0 Å². The van der Waals surface area contributed by atoms with E-state index in [1.54, 1.807) is 0 Å². The lowest BCUT2D eigenvalue weighted by atomic mass is 11.1. The number of nitrogens with one attached hydrogen (secondary N) is 2. The van der Waals surface area contributed by atoms with Crippen LogP contribution in [0, 0.1) is 20.2 Å². The van der Waals surface area contributed by atoms with Crippen molar-refractivity contribution in [2.24, 2.45) is 0 Å². The number of nitrogen functional groups attached to an aromatic ring is 4. The first kappa shape index (κ1) is 22.3. The highest BCUT2D eigenvalue weighted by atomic mass is 16.6. The lowest BCUT2D eigenvalue weighted by Gasteiger charge is -1.92. The van der Waals surface area contributed by atoms with Gasteiger partial charge in [-0.1, -0.05) is 40.4 Å². The van der Waals surface area contributed by atoms with Gasteiger partial charge in [0.05, 0.1) is 10.2 Å². The monoisotopic (exact) mass is 430 g/mol. The number of aromatic nitrogens is 16. The molecule has 0 aliphatic rings. The van der Waals surface area contributed by atoms with Crippen molar-refractivity contribution < 1.29 is 19.4 Å². The van der Waals surface area contributed by atoms with Gasteiger partial charge in [-0.15, -0.1) is 0 Å². The van der Waals surface area contributed by atoms with Crippen LogP contribution in [0.3, 0.4) is 0 Å². The van der Waals surface area contributed by atoms with Gasteiger partial charge < -0.3 is 31.7 Å². The molecule has 0 radical (unpaired) electrons. The minimum atomic E-state index is -0.764. The Morgan fingerprint density at radius 2 is 1.13 bits per heavy atom. The first-order chi connectivity index (χ1) is 14.2. The Morgan fingerprint density at radius 1 is 0.767 bits per heavy atom. The lowest BCUT2D eigenvalue weighted by Crippen LogP contribution is -2.48. The molecule has 160 valence electrons. The molecule has 0 bridgehead atoms. The second-order valence-electron chi connectivity index (χ2n) is 3.93. The number of tetrazole rings is 4. The summed E-state index contributed by atoms with van der Waals surface area (Å²) in [6.07, 6.45) is 0. The van der Waals surface area contributed by atoms with Crippen molar-refractivity contribution >= 4 is 23.8 Å². The highest BCUT2D eigenvalue weighted by Crippen LogP contribution is 1.91. The molecular formula is C4H10N22O4. The largest absolute Gasteiger partial charge is 0.458 e. The Labute approximate surface area is 160 Å². The highest BCUT2D eigenvalue weighted by molar-refractivity contribution is 4.97. The molecule has 0 aromatic carbocycles. The summed E-state index contributed by atoms with van der Waals surface area (Å²) >= 11 is 0. The van der Waals surface area contributed by atoms with Crippen molar-refractivity contribution in [1.29, 1.82) is 0 Å². The molecule has 4 aromatic heterocycles. The van der Waals surface area contributed by atoms with E-state index in [1.165, 1.54) is 0 Å². The van der Waals surface area contributed by atoms with Gasteiger partial charge in [-0.3, -0.25) is 11.7 Å². The van der Waals surface area contributed by atoms with Crippen LogP contribution in [0.1, 0.15) is 0 Å².